The molecule has 1 N–H and O–H groups in total. The van der Waals surface area contributed by atoms with Crippen LogP contribution in [0.15, 0.2) is 44.0 Å². The molecule has 0 aliphatic carbocycles. The zero-order chi connectivity index (χ0) is 20.7. The van der Waals surface area contributed by atoms with Crippen molar-refractivity contribution in [3.63, 3.8) is 0 Å². The molecule has 0 aliphatic rings. The van der Waals surface area contributed by atoms with E-state index in [1.165, 1.54) is 38.1 Å². The molecule has 2 heterocycles. The Labute approximate surface area is 157 Å². The third kappa shape index (κ3) is 5.02. The summed E-state index contributed by atoms with van der Waals surface area (Å²) in [7, 11) is 0. The Morgan fingerprint density at radius 2 is 1.54 bits per heavy atom. The van der Waals surface area contributed by atoms with Crippen LogP contribution in [0.5, 0.6) is 0 Å². The summed E-state index contributed by atoms with van der Waals surface area (Å²) in [6.45, 7) is 2.04. The van der Waals surface area contributed by atoms with Gasteiger partial charge in [-0.05, 0) is 48.8 Å². The molecule has 2 rings (SSSR count). The van der Waals surface area contributed by atoms with Gasteiger partial charge in [-0.2, -0.15) is 0 Å². The number of Topliss-reactive ketones (excluding diaryl/α,β-unsaturated/α-hetero) is 1. The van der Waals surface area contributed by atoms with Gasteiger partial charge in [0, 0.05) is 4.91 Å². The van der Waals surface area contributed by atoms with Crippen molar-refractivity contribution in [3.8, 4) is 0 Å². The fraction of sp³-hybridized carbons (Fsp3) is 0.235. The summed E-state index contributed by atoms with van der Waals surface area (Å²) in [4.78, 5) is 37.7. The van der Waals surface area contributed by atoms with E-state index in [0.717, 1.165) is 0 Å². The lowest BCUT2D eigenvalue weighted by molar-refractivity contribution is -0.112. The van der Waals surface area contributed by atoms with Crippen LogP contribution in [0.2, 0.25) is 0 Å². The van der Waals surface area contributed by atoms with Gasteiger partial charge in [0.15, 0.2) is 11.7 Å². The van der Waals surface area contributed by atoms with E-state index < -0.39 is 17.7 Å². The molecule has 0 aromatic carbocycles. The van der Waals surface area contributed by atoms with Gasteiger partial charge >= 0.3 is 11.9 Å². The number of azide groups is 1. The number of ether oxygens (including phenoxy) is 2. The predicted octanol–water partition coefficient (Wildman–Crippen LogP) is 3.71. The van der Waals surface area contributed by atoms with E-state index in [-0.39, 0.29) is 47.7 Å². The Morgan fingerprint density at radius 3 is 2.07 bits per heavy atom. The Balaban J connectivity index is 1.86. The first-order valence-electron chi connectivity index (χ1n) is 7.83. The van der Waals surface area contributed by atoms with Gasteiger partial charge in [-0.1, -0.05) is 0 Å². The van der Waals surface area contributed by atoms with Gasteiger partial charge < -0.3 is 23.4 Å². The normalized spacial score (nSPS) is 11.2. The van der Waals surface area contributed by atoms with Gasteiger partial charge in [0.2, 0.25) is 11.5 Å². The van der Waals surface area contributed by atoms with Crippen molar-refractivity contribution < 1.29 is 37.8 Å². The summed E-state index contributed by atoms with van der Waals surface area (Å²) in [5, 5.41) is 12.7. The van der Waals surface area contributed by atoms with E-state index >= 15 is 0 Å². The number of hydrogen-bond donors (Lipinski definition) is 1. The molecule has 0 bridgehead atoms. The molecule has 0 saturated carbocycles. The molecule has 28 heavy (non-hydrogen) atoms. The molecule has 2 aromatic heterocycles. The van der Waals surface area contributed by atoms with Crippen molar-refractivity contribution in [1.82, 2.24) is 0 Å². The van der Waals surface area contributed by atoms with Crippen LogP contribution in [0, 0.1) is 0 Å². The maximum absolute atomic E-state index is 11.9. The molecule has 11 nitrogen and oxygen atoms in total. The fourth-order valence-corrected chi connectivity index (χ4v) is 2.13. The van der Waals surface area contributed by atoms with Crippen molar-refractivity contribution in [2.24, 2.45) is 5.11 Å². The van der Waals surface area contributed by atoms with Gasteiger partial charge in [-0.25, -0.2) is 9.59 Å². The minimum atomic E-state index is -0.843. The van der Waals surface area contributed by atoms with Gasteiger partial charge in [-0.15, -0.1) is 0 Å². The second-order valence-corrected chi connectivity index (χ2v) is 5.28. The van der Waals surface area contributed by atoms with Crippen molar-refractivity contribution in [2.45, 2.75) is 13.8 Å². The van der Waals surface area contributed by atoms with Crippen LogP contribution in [0.1, 0.15) is 40.7 Å². The van der Waals surface area contributed by atoms with Crippen LogP contribution in [-0.2, 0) is 14.3 Å². The number of allylic oxidation sites excluding steroid dienone is 2. The molecule has 0 atom stereocenters. The Hall–Kier alpha value is -3.98. The average Bonchev–Trinajstić information content (AvgIpc) is 3.28. The number of carbonyl (C=O) groups is 3. The van der Waals surface area contributed by atoms with Crippen LogP contribution in [0.4, 0.5) is 5.88 Å². The molecule has 0 fully saturated rings. The van der Waals surface area contributed by atoms with Crippen molar-refractivity contribution in [3.05, 3.63) is 57.7 Å². The SMILES string of the molecule is CC(=O)C(=C(C)O)c1ccc(C(=O)OCCOC(=O)c2ccc(N=[N+]=[N-])o2)o1. The third-order valence-corrected chi connectivity index (χ3v) is 3.25. The topological polar surface area (TPSA) is 165 Å². The number of aliphatic hydroxyl groups is 1. The van der Waals surface area contributed by atoms with E-state index in [0.29, 0.717) is 0 Å². The highest BCUT2D eigenvalue weighted by atomic mass is 16.6. The van der Waals surface area contributed by atoms with Crippen LogP contribution in [-0.4, -0.2) is 36.0 Å². The standard InChI is InChI=1S/C17H15N3O8/c1-9(21)15(10(2)22)11-3-4-12(27-11)16(23)25-7-8-26-17(24)13-5-6-14(28-13)19-20-18/h3-6,21H,7-8H2,1-2H3. The number of aliphatic hydroxyl groups excluding tert-OH is 1. The summed E-state index contributed by atoms with van der Waals surface area (Å²) < 4.78 is 19.9. The van der Waals surface area contributed by atoms with Gasteiger partial charge in [0.1, 0.15) is 24.7 Å². The number of furan rings is 2. The number of ketones is 1. The first-order chi connectivity index (χ1) is 13.3. The quantitative estimate of drug-likeness (QED) is 0.136. The van der Waals surface area contributed by atoms with Gasteiger partial charge in [-0.3, -0.25) is 4.79 Å². The lowest BCUT2D eigenvalue weighted by Gasteiger charge is -2.04. The molecule has 2 aromatic rings. The summed E-state index contributed by atoms with van der Waals surface area (Å²) in [5.74, 6) is -2.77. The Bertz CT molecular complexity index is 974. The highest BCUT2D eigenvalue weighted by molar-refractivity contribution is 6.19. The maximum Gasteiger partial charge on any atom is 0.374 e. The molecular formula is C17H15N3O8. The molecule has 0 radical (unpaired) electrons. The van der Waals surface area contributed by atoms with E-state index in [1.54, 1.807) is 0 Å². The third-order valence-electron chi connectivity index (χ3n) is 3.25. The average molecular weight is 389 g/mol. The fourth-order valence-electron chi connectivity index (χ4n) is 2.13. The molecule has 0 unspecified atom stereocenters. The molecule has 146 valence electrons. The zero-order valence-electron chi connectivity index (χ0n) is 14.9. The van der Waals surface area contributed by atoms with Crippen molar-refractivity contribution >= 4 is 29.2 Å². The first-order valence-corrected chi connectivity index (χ1v) is 7.83. The molecule has 0 saturated heterocycles. The number of rotatable bonds is 8. The minimum Gasteiger partial charge on any atom is -0.512 e. The van der Waals surface area contributed by atoms with E-state index in [2.05, 4.69) is 10.0 Å². The van der Waals surface area contributed by atoms with Gasteiger partial charge in [0.25, 0.3) is 0 Å². The van der Waals surface area contributed by atoms with E-state index in [4.69, 9.17) is 23.8 Å². The molecule has 0 amide bonds. The first kappa shape index (κ1) is 20.3. The van der Waals surface area contributed by atoms with Gasteiger partial charge in [0.05, 0.1) is 5.57 Å². The lowest BCUT2D eigenvalue weighted by Crippen LogP contribution is -2.13. The minimum absolute atomic E-state index is 0.0273. The van der Waals surface area contributed by atoms with E-state index in [1.807, 2.05) is 0 Å². The monoisotopic (exact) mass is 389 g/mol. The van der Waals surface area contributed by atoms with Crippen LogP contribution in [0.3, 0.4) is 0 Å². The Kier molecular flexibility index (Phi) is 6.61. The molecule has 0 spiro atoms. The Morgan fingerprint density at radius 1 is 1.00 bits per heavy atom. The van der Waals surface area contributed by atoms with Crippen molar-refractivity contribution in [2.75, 3.05) is 13.2 Å². The number of hydrogen-bond acceptors (Lipinski definition) is 9. The highest BCUT2D eigenvalue weighted by Crippen LogP contribution is 2.22. The maximum atomic E-state index is 11.9. The largest absolute Gasteiger partial charge is 0.512 e. The van der Waals surface area contributed by atoms with Crippen LogP contribution >= 0.6 is 0 Å². The second-order valence-electron chi connectivity index (χ2n) is 5.28. The zero-order valence-corrected chi connectivity index (χ0v) is 14.9. The summed E-state index contributed by atoms with van der Waals surface area (Å²) in [6, 6.07) is 5.20. The van der Waals surface area contributed by atoms with Crippen LogP contribution in [0.25, 0.3) is 16.0 Å². The van der Waals surface area contributed by atoms with Crippen molar-refractivity contribution in [1.29, 1.82) is 0 Å². The second kappa shape index (κ2) is 9.10. The highest BCUT2D eigenvalue weighted by Gasteiger charge is 2.19. The molecule has 11 heteroatoms. The number of nitrogens with zero attached hydrogens (tertiary/aromatic N) is 3. The smallest absolute Gasteiger partial charge is 0.374 e. The summed E-state index contributed by atoms with van der Waals surface area (Å²) in [5.41, 5.74) is 8.22. The summed E-state index contributed by atoms with van der Waals surface area (Å²) >= 11 is 0. The summed E-state index contributed by atoms with van der Waals surface area (Å²) in [6.07, 6.45) is 0. The number of carbonyl (C=O) groups excluding carboxylic acids is 3. The van der Waals surface area contributed by atoms with Crippen LogP contribution < -0.4 is 0 Å². The lowest BCUT2D eigenvalue weighted by atomic mass is 10.1. The number of esters is 2. The molecular weight excluding hydrogens is 374 g/mol. The van der Waals surface area contributed by atoms with E-state index in [9.17, 15) is 19.5 Å². The predicted molar refractivity (Wildman–Crippen MR) is 92.7 cm³/mol. The molecule has 0 aliphatic heterocycles.